The number of phenolic OH excluding ortho intramolecular Hbond substituents is 1. The third kappa shape index (κ3) is 1.84. The molecule has 0 unspecified atom stereocenters. The van der Waals surface area contributed by atoms with Crippen molar-refractivity contribution in [2.75, 3.05) is 6.54 Å². The normalized spacial score (nSPS) is 10.3. The van der Waals surface area contributed by atoms with E-state index in [2.05, 4.69) is 5.32 Å². The van der Waals surface area contributed by atoms with Gasteiger partial charge in [-0.05, 0) is 42.0 Å². The quantitative estimate of drug-likeness (QED) is 0.807. The van der Waals surface area contributed by atoms with E-state index in [-0.39, 0.29) is 11.7 Å². The lowest BCUT2D eigenvalue weighted by Crippen LogP contribution is -2.22. The second kappa shape index (κ2) is 4.23. The van der Waals surface area contributed by atoms with Gasteiger partial charge in [0.15, 0.2) is 0 Å². The molecule has 2 aromatic rings. The fourth-order valence-corrected chi connectivity index (χ4v) is 1.72. The zero-order valence-corrected chi connectivity index (χ0v) is 9.03. The van der Waals surface area contributed by atoms with E-state index in [9.17, 15) is 9.90 Å². The molecule has 2 N–H and O–H groups in total. The van der Waals surface area contributed by atoms with E-state index >= 15 is 0 Å². The van der Waals surface area contributed by atoms with Crippen LogP contribution in [0.2, 0.25) is 0 Å². The van der Waals surface area contributed by atoms with Gasteiger partial charge in [0.25, 0.3) is 5.91 Å². The zero-order chi connectivity index (χ0) is 11.5. The Morgan fingerprint density at radius 2 is 2.12 bits per heavy atom. The van der Waals surface area contributed by atoms with Gasteiger partial charge in [-0.3, -0.25) is 4.79 Å². The first-order valence-electron chi connectivity index (χ1n) is 5.22. The van der Waals surface area contributed by atoms with E-state index < -0.39 is 0 Å². The molecule has 0 fully saturated rings. The van der Waals surface area contributed by atoms with Gasteiger partial charge in [-0.25, -0.2) is 0 Å². The lowest BCUT2D eigenvalue weighted by Gasteiger charge is -2.06. The molecule has 0 heterocycles. The third-order valence-electron chi connectivity index (χ3n) is 2.45. The number of aromatic hydroxyl groups is 1. The Bertz CT molecular complexity index is 534. The van der Waals surface area contributed by atoms with Gasteiger partial charge >= 0.3 is 0 Å². The highest BCUT2D eigenvalue weighted by Gasteiger charge is 2.08. The maximum atomic E-state index is 11.8. The van der Waals surface area contributed by atoms with Crippen LogP contribution >= 0.6 is 0 Å². The summed E-state index contributed by atoms with van der Waals surface area (Å²) in [6.45, 7) is 2.49. The predicted molar refractivity (Wildman–Crippen MR) is 63.6 cm³/mol. The third-order valence-corrected chi connectivity index (χ3v) is 2.45. The maximum absolute atomic E-state index is 11.8. The number of carbonyl (C=O) groups excluding carboxylic acids is 1. The molecule has 2 rings (SSSR count). The number of fused-ring (bicyclic) bond motifs is 1. The Balaban J connectivity index is 2.58. The summed E-state index contributed by atoms with van der Waals surface area (Å²) in [6, 6.07) is 10.5. The van der Waals surface area contributed by atoms with Gasteiger partial charge in [-0.15, -0.1) is 0 Å². The smallest absolute Gasteiger partial charge is 0.251 e. The number of rotatable bonds is 2. The molecule has 82 valence electrons. The minimum Gasteiger partial charge on any atom is -0.508 e. The van der Waals surface area contributed by atoms with Crippen molar-refractivity contribution in [3.8, 4) is 5.75 Å². The van der Waals surface area contributed by atoms with Crippen molar-refractivity contribution in [2.24, 2.45) is 0 Å². The monoisotopic (exact) mass is 215 g/mol. The molecule has 0 bridgehead atoms. The molecule has 0 saturated heterocycles. The second-order valence-electron chi connectivity index (χ2n) is 3.57. The molecule has 0 saturated carbocycles. The largest absolute Gasteiger partial charge is 0.508 e. The topological polar surface area (TPSA) is 49.3 Å². The molecule has 0 aliphatic carbocycles. The van der Waals surface area contributed by atoms with E-state index in [4.69, 9.17) is 0 Å². The minimum absolute atomic E-state index is 0.0845. The highest BCUT2D eigenvalue weighted by Crippen LogP contribution is 2.22. The number of amides is 1. The molecule has 2 aromatic carbocycles. The van der Waals surface area contributed by atoms with E-state index in [1.54, 1.807) is 24.3 Å². The van der Waals surface area contributed by atoms with Crippen molar-refractivity contribution >= 4 is 16.7 Å². The standard InChI is InChI=1S/C13H13NO2/c1-2-14-13(16)12-5-3-4-9-8-10(15)6-7-11(9)12/h3-8,15H,2H2,1H3,(H,14,16). The molecule has 3 nitrogen and oxygen atoms in total. The van der Waals surface area contributed by atoms with Gasteiger partial charge in [0, 0.05) is 12.1 Å². The SMILES string of the molecule is CCNC(=O)c1cccc2cc(O)ccc12. The molecule has 0 aliphatic rings. The Morgan fingerprint density at radius 1 is 1.31 bits per heavy atom. The average Bonchev–Trinajstić information content (AvgIpc) is 2.28. The number of hydrogen-bond acceptors (Lipinski definition) is 2. The number of nitrogens with one attached hydrogen (secondary N) is 1. The average molecular weight is 215 g/mol. The predicted octanol–water partition coefficient (Wildman–Crippen LogP) is 2.30. The highest BCUT2D eigenvalue weighted by atomic mass is 16.3. The summed E-state index contributed by atoms with van der Waals surface area (Å²) < 4.78 is 0. The van der Waals surface area contributed by atoms with Crippen LogP contribution in [0, 0.1) is 0 Å². The Kier molecular flexibility index (Phi) is 2.77. The molecule has 1 amide bonds. The van der Waals surface area contributed by atoms with Gasteiger partial charge in [-0.2, -0.15) is 0 Å². The summed E-state index contributed by atoms with van der Waals surface area (Å²) in [4.78, 5) is 11.8. The first-order valence-corrected chi connectivity index (χ1v) is 5.22. The van der Waals surface area contributed by atoms with Crippen LogP contribution in [0.5, 0.6) is 5.75 Å². The van der Waals surface area contributed by atoms with Crippen molar-refractivity contribution in [1.82, 2.24) is 5.32 Å². The molecular weight excluding hydrogens is 202 g/mol. The van der Waals surface area contributed by atoms with E-state index in [1.165, 1.54) is 0 Å². The van der Waals surface area contributed by atoms with Crippen molar-refractivity contribution in [3.63, 3.8) is 0 Å². The van der Waals surface area contributed by atoms with Gasteiger partial charge in [0.1, 0.15) is 5.75 Å². The molecular formula is C13H13NO2. The first-order chi connectivity index (χ1) is 7.72. The molecule has 16 heavy (non-hydrogen) atoms. The van der Waals surface area contributed by atoms with Crippen molar-refractivity contribution in [2.45, 2.75) is 6.92 Å². The molecule has 3 heteroatoms. The van der Waals surface area contributed by atoms with Crippen LogP contribution < -0.4 is 5.32 Å². The maximum Gasteiger partial charge on any atom is 0.251 e. The zero-order valence-electron chi connectivity index (χ0n) is 9.03. The second-order valence-corrected chi connectivity index (χ2v) is 3.57. The van der Waals surface area contributed by atoms with Crippen LogP contribution in [-0.4, -0.2) is 17.6 Å². The van der Waals surface area contributed by atoms with Gasteiger partial charge < -0.3 is 10.4 Å². The van der Waals surface area contributed by atoms with Crippen LogP contribution in [-0.2, 0) is 0 Å². The van der Waals surface area contributed by atoms with E-state index in [1.807, 2.05) is 19.1 Å². The minimum atomic E-state index is -0.0845. The van der Waals surface area contributed by atoms with Crippen molar-refractivity contribution in [1.29, 1.82) is 0 Å². The fourth-order valence-electron chi connectivity index (χ4n) is 1.72. The molecule has 0 spiro atoms. The van der Waals surface area contributed by atoms with Crippen LogP contribution in [0.4, 0.5) is 0 Å². The van der Waals surface area contributed by atoms with E-state index in [0.717, 1.165) is 10.8 Å². The summed E-state index contributed by atoms with van der Waals surface area (Å²) in [5.74, 6) is 0.124. The Hall–Kier alpha value is -2.03. The molecule has 0 aromatic heterocycles. The number of hydrogen-bond donors (Lipinski definition) is 2. The van der Waals surface area contributed by atoms with Gasteiger partial charge in [0.2, 0.25) is 0 Å². The Morgan fingerprint density at radius 3 is 2.88 bits per heavy atom. The van der Waals surface area contributed by atoms with Crippen LogP contribution in [0.25, 0.3) is 10.8 Å². The summed E-state index contributed by atoms with van der Waals surface area (Å²) in [7, 11) is 0. The van der Waals surface area contributed by atoms with Crippen LogP contribution in [0.1, 0.15) is 17.3 Å². The summed E-state index contributed by atoms with van der Waals surface area (Å²) >= 11 is 0. The number of phenols is 1. The van der Waals surface area contributed by atoms with Crippen LogP contribution in [0.15, 0.2) is 36.4 Å². The van der Waals surface area contributed by atoms with Crippen molar-refractivity contribution < 1.29 is 9.90 Å². The molecule has 0 aliphatic heterocycles. The van der Waals surface area contributed by atoms with E-state index in [0.29, 0.717) is 12.1 Å². The Labute approximate surface area is 93.7 Å². The van der Waals surface area contributed by atoms with Gasteiger partial charge in [-0.1, -0.05) is 12.1 Å². The lowest BCUT2D eigenvalue weighted by atomic mass is 10.0. The highest BCUT2D eigenvalue weighted by molar-refractivity contribution is 6.07. The summed E-state index contributed by atoms with van der Waals surface area (Å²) in [5, 5.41) is 13.8. The lowest BCUT2D eigenvalue weighted by molar-refractivity contribution is 0.0957. The summed E-state index contributed by atoms with van der Waals surface area (Å²) in [5.41, 5.74) is 0.638. The van der Waals surface area contributed by atoms with Gasteiger partial charge in [0.05, 0.1) is 0 Å². The molecule has 0 atom stereocenters. The van der Waals surface area contributed by atoms with Crippen molar-refractivity contribution in [3.05, 3.63) is 42.0 Å². The summed E-state index contributed by atoms with van der Waals surface area (Å²) in [6.07, 6.45) is 0. The molecule has 0 radical (unpaired) electrons. The van der Waals surface area contributed by atoms with Crippen LogP contribution in [0.3, 0.4) is 0 Å². The number of carbonyl (C=O) groups is 1. The first kappa shape index (κ1) is 10.5. The number of benzene rings is 2. The fraction of sp³-hybridized carbons (Fsp3) is 0.154.